The van der Waals surface area contributed by atoms with E-state index in [4.69, 9.17) is 4.74 Å². The molecule has 5 heteroatoms. The van der Waals surface area contributed by atoms with Gasteiger partial charge in [0.1, 0.15) is 0 Å². The zero-order valence-corrected chi connectivity index (χ0v) is 15.7. The highest BCUT2D eigenvalue weighted by atomic mass is 16.5. The van der Waals surface area contributed by atoms with E-state index in [0.29, 0.717) is 25.6 Å². The molecule has 2 N–H and O–H groups in total. The topological polar surface area (TPSA) is 61.8 Å². The molecule has 5 nitrogen and oxygen atoms in total. The van der Waals surface area contributed by atoms with Gasteiger partial charge in [-0.05, 0) is 50.3 Å². The number of hydrogen-bond donors (Lipinski definition) is 2. The lowest BCUT2D eigenvalue weighted by molar-refractivity contribution is -0.124. The highest BCUT2D eigenvalue weighted by molar-refractivity contribution is 5.78. The molecule has 1 aliphatic heterocycles. The Morgan fingerprint density at radius 1 is 1.32 bits per heavy atom. The molecule has 0 spiro atoms. The first-order valence-corrected chi connectivity index (χ1v) is 9.30. The van der Waals surface area contributed by atoms with Crippen LogP contribution in [0.15, 0.2) is 24.3 Å². The van der Waals surface area contributed by atoms with Crippen LogP contribution in [0.1, 0.15) is 44.7 Å². The molecule has 1 aromatic rings. The number of hydrogen-bond acceptors (Lipinski definition) is 4. The molecule has 140 valence electrons. The number of likely N-dealkylation sites (tertiary alicyclic amines) is 1. The first-order valence-electron chi connectivity index (χ1n) is 9.30. The summed E-state index contributed by atoms with van der Waals surface area (Å²) in [4.78, 5) is 14.3. The Bertz CT molecular complexity index is 530. The molecule has 1 aliphatic rings. The van der Waals surface area contributed by atoms with Crippen molar-refractivity contribution in [2.45, 2.75) is 58.9 Å². The van der Waals surface area contributed by atoms with E-state index in [0.717, 1.165) is 30.5 Å². The molecule has 2 atom stereocenters. The zero-order valence-electron chi connectivity index (χ0n) is 15.7. The quantitative estimate of drug-likeness (QED) is 0.757. The normalized spacial score (nSPS) is 21.5. The van der Waals surface area contributed by atoms with Crippen molar-refractivity contribution < 1.29 is 14.6 Å². The van der Waals surface area contributed by atoms with Crippen LogP contribution in [0.2, 0.25) is 0 Å². The van der Waals surface area contributed by atoms with E-state index in [1.54, 1.807) is 0 Å². The maximum absolute atomic E-state index is 12.2. The maximum atomic E-state index is 12.2. The Hall–Kier alpha value is -1.43. The highest BCUT2D eigenvalue weighted by Gasteiger charge is 2.28. The van der Waals surface area contributed by atoms with Crippen LogP contribution in [-0.4, -0.2) is 47.8 Å². The van der Waals surface area contributed by atoms with Gasteiger partial charge in [0.05, 0.1) is 25.9 Å². The van der Waals surface area contributed by atoms with E-state index >= 15 is 0 Å². The molecule has 1 aromatic carbocycles. The molecule has 1 heterocycles. The Morgan fingerprint density at radius 3 is 2.64 bits per heavy atom. The molecule has 1 saturated heterocycles. The van der Waals surface area contributed by atoms with E-state index in [-0.39, 0.29) is 24.7 Å². The van der Waals surface area contributed by atoms with Crippen LogP contribution in [-0.2, 0) is 22.7 Å². The smallest absolute Gasteiger partial charge is 0.234 e. The lowest BCUT2D eigenvalue weighted by atomic mass is 9.91. The molecule has 0 radical (unpaired) electrons. The summed E-state index contributed by atoms with van der Waals surface area (Å²) in [5.74, 6) is 0.451. The fourth-order valence-corrected chi connectivity index (χ4v) is 3.28. The third-order valence-corrected chi connectivity index (χ3v) is 4.86. The molecule has 25 heavy (non-hydrogen) atoms. The first-order chi connectivity index (χ1) is 12.0. The molecule has 2 rings (SSSR count). The lowest BCUT2D eigenvalue weighted by Crippen LogP contribution is -2.50. The number of carbonyl (C=O) groups excluding carboxylic acids is 1. The SMILES string of the molecule is CC(C)OCc1ccc(CNC(=O)CN2CCCC(C)C2CO)cc1. The number of carbonyl (C=O) groups is 1. The third kappa shape index (κ3) is 6.42. The molecule has 1 fully saturated rings. The van der Waals surface area contributed by atoms with Crippen molar-refractivity contribution >= 4 is 5.91 Å². The Kier molecular flexibility index (Phi) is 7.88. The summed E-state index contributed by atoms with van der Waals surface area (Å²) >= 11 is 0. The van der Waals surface area contributed by atoms with Crippen LogP contribution < -0.4 is 5.32 Å². The lowest BCUT2D eigenvalue weighted by Gasteiger charge is -2.38. The molecule has 0 aromatic heterocycles. The van der Waals surface area contributed by atoms with Crippen LogP contribution in [0.25, 0.3) is 0 Å². The van der Waals surface area contributed by atoms with Gasteiger partial charge in [-0.1, -0.05) is 31.2 Å². The summed E-state index contributed by atoms with van der Waals surface area (Å²) < 4.78 is 5.58. The molecular formula is C20H32N2O3. The van der Waals surface area contributed by atoms with Gasteiger partial charge in [-0.2, -0.15) is 0 Å². The summed E-state index contributed by atoms with van der Waals surface area (Å²) in [7, 11) is 0. The minimum absolute atomic E-state index is 0.0137. The largest absolute Gasteiger partial charge is 0.395 e. The first kappa shape index (κ1) is 19.9. The van der Waals surface area contributed by atoms with Gasteiger partial charge in [0.15, 0.2) is 0 Å². The minimum Gasteiger partial charge on any atom is -0.395 e. The monoisotopic (exact) mass is 348 g/mol. The van der Waals surface area contributed by atoms with Crippen LogP contribution in [0.3, 0.4) is 0 Å². The minimum atomic E-state index is 0.0137. The molecule has 1 amide bonds. The van der Waals surface area contributed by atoms with Gasteiger partial charge in [0.25, 0.3) is 0 Å². The van der Waals surface area contributed by atoms with Crippen LogP contribution in [0.4, 0.5) is 0 Å². The Labute approximate surface area is 151 Å². The number of rotatable bonds is 8. The summed E-state index contributed by atoms with van der Waals surface area (Å²) in [5.41, 5.74) is 2.21. The number of nitrogens with one attached hydrogen (secondary N) is 1. The van der Waals surface area contributed by atoms with Gasteiger partial charge in [-0.3, -0.25) is 9.69 Å². The average molecular weight is 348 g/mol. The van der Waals surface area contributed by atoms with Gasteiger partial charge in [0.2, 0.25) is 5.91 Å². The molecule has 0 saturated carbocycles. The van der Waals surface area contributed by atoms with Crippen molar-refractivity contribution in [1.82, 2.24) is 10.2 Å². The number of amides is 1. The summed E-state index contributed by atoms with van der Waals surface area (Å²) in [6.07, 6.45) is 2.43. The number of ether oxygens (including phenoxy) is 1. The van der Waals surface area contributed by atoms with Gasteiger partial charge in [0, 0.05) is 12.6 Å². The van der Waals surface area contributed by atoms with Crippen molar-refractivity contribution in [2.24, 2.45) is 5.92 Å². The summed E-state index contributed by atoms with van der Waals surface area (Å²) in [6, 6.07) is 8.23. The zero-order chi connectivity index (χ0) is 18.2. The van der Waals surface area contributed by atoms with Gasteiger partial charge in [-0.15, -0.1) is 0 Å². The van der Waals surface area contributed by atoms with Crippen LogP contribution >= 0.6 is 0 Å². The second-order valence-electron chi connectivity index (χ2n) is 7.29. The fraction of sp³-hybridized carbons (Fsp3) is 0.650. The Balaban J connectivity index is 1.77. The predicted molar refractivity (Wildman–Crippen MR) is 99.1 cm³/mol. The van der Waals surface area contributed by atoms with E-state index in [1.165, 1.54) is 0 Å². The summed E-state index contributed by atoms with van der Waals surface area (Å²) in [6.45, 7) is 8.69. The molecule has 0 aliphatic carbocycles. The predicted octanol–water partition coefficient (Wildman–Crippen LogP) is 2.32. The number of piperidine rings is 1. The molecule has 0 bridgehead atoms. The van der Waals surface area contributed by atoms with Crippen molar-refractivity contribution in [3.05, 3.63) is 35.4 Å². The van der Waals surface area contributed by atoms with E-state index in [9.17, 15) is 9.90 Å². The van der Waals surface area contributed by atoms with E-state index < -0.39 is 0 Å². The fourth-order valence-electron chi connectivity index (χ4n) is 3.28. The van der Waals surface area contributed by atoms with Crippen LogP contribution in [0.5, 0.6) is 0 Å². The van der Waals surface area contributed by atoms with Crippen molar-refractivity contribution in [3.8, 4) is 0 Å². The van der Waals surface area contributed by atoms with E-state index in [2.05, 4.69) is 17.1 Å². The highest BCUT2D eigenvalue weighted by Crippen LogP contribution is 2.22. The summed E-state index contributed by atoms with van der Waals surface area (Å²) in [5, 5.41) is 12.6. The third-order valence-electron chi connectivity index (χ3n) is 4.86. The van der Waals surface area contributed by atoms with Gasteiger partial charge in [-0.25, -0.2) is 0 Å². The number of benzene rings is 1. The van der Waals surface area contributed by atoms with Crippen LogP contribution in [0, 0.1) is 5.92 Å². The standard InChI is InChI=1S/C20H32N2O3/c1-15(2)25-14-18-8-6-17(7-9-18)11-21-20(24)12-22-10-4-5-16(3)19(22)13-23/h6-9,15-16,19,23H,4-5,10-14H2,1-3H3,(H,21,24). The Morgan fingerprint density at radius 2 is 2.00 bits per heavy atom. The van der Waals surface area contributed by atoms with Gasteiger partial charge < -0.3 is 15.2 Å². The van der Waals surface area contributed by atoms with Gasteiger partial charge >= 0.3 is 0 Å². The van der Waals surface area contributed by atoms with Crippen molar-refractivity contribution in [3.63, 3.8) is 0 Å². The second kappa shape index (κ2) is 9.90. The number of aliphatic hydroxyl groups excluding tert-OH is 1. The van der Waals surface area contributed by atoms with Crippen molar-refractivity contribution in [1.29, 1.82) is 0 Å². The maximum Gasteiger partial charge on any atom is 0.234 e. The van der Waals surface area contributed by atoms with E-state index in [1.807, 2.05) is 38.1 Å². The molecule has 2 unspecified atom stereocenters. The second-order valence-corrected chi connectivity index (χ2v) is 7.29. The number of nitrogens with zero attached hydrogens (tertiary/aromatic N) is 1. The van der Waals surface area contributed by atoms with Crippen molar-refractivity contribution in [2.75, 3.05) is 19.7 Å². The molecular weight excluding hydrogens is 316 g/mol. The number of aliphatic hydroxyl groups is 1. The average Bonchev–Trinajstić information content (AvgIpc) is 2.59.